The fourth-order valence-electron chi connectivity index (χ4n) is 2.54. The number of carbonyl (C=O) groups is 1. The van der Waals surface area contributed by atoms with Crippen molar-refractivity contribution in [1.82, 2.24) is 10.2 Å². The smallest absolute Gasteiger partial charge is 0.338 e. The summed E-state index contributed by atoms with van der Waals surface area (Å²) in [6.45, 7) is 2.06. The molecular formula is C20H15N5O3. The molecular weight excluding hydrogens is 358 g/mol. The Labute approximate surface area is 160 Å². The number of esters is 1. The van der Waals surface area contributed by atoms with Gasteiger partial charge in [0.05, 0.1) is 23.4 Å². The van der Waals surface area contributed by atoms with E-state index < -0.39 is 0 Å². The summed E-state index contributed by atoms with van der Waals surface area (Å²) in [5.74, 6) is 0.616. The third-order valence-electron chi connectivity index (χ3n) is 3.89. The average molecular weight is 373 g/mol. The maximum Gasteiger partial charge on any atom is 0.338 e. The molecule has 3 aromatic rings. The molecule has 0 saturated heterocycles. The van der Waals surface area contributed by atoms with E-state index in [0.717, 1.165) is 5.56 Å². The lowest BCUT2D eigenvalue weighted by Crippen LogP contribution is -2.03. The lowest BCUT2D eigenvalue weighted by atomic mass is 10.1. The minimum atomic E-state index is -0.386. The van der Waals surface area contributed by atoms with Crippen molar-refractivity contribution in [2.75, 3.05) is 12.3 Å². The van der Waals surface area contributed by atoms with Crippen molar-refractivity contribution in [2.45, 2.75) is 6.92 Å². The van der Waals surface area contributed by atoms with Crippen molar-refractivity contribution in [2.24, 2.45) is 0 Å². The van der Waals surface area contributed by atoms with Gasteiger partial charge in [-0.2, -0.15) is 15.6 Å². The van der Waals surface area contributed by atoms with Crippen LogP contribution >= 0.6 is 0 Å². The summed E-state index contributed by atoms with van der Waals surface area (Å²) in [6.07, 6.45) is 1.49. The highest BCUT2D eigenvalue weighted by Crippen LogP contribution is 2.27. The van der Waals surface area contributed by atoms with E-state index in [2.05, 4.69) is 10.2 Å². The van der Waals surface area contributed by atoms with Crippen LogP contribution in [0.3, 0.4) is 0 Å². The Morgan fingerprint density at radius 1 is 1.29 bits per heavy atom. The fourth-order valence-corrected chi connectivity index (χ4v) is 2.54. The predicted molar refractivity (Wildman–Crippen MR) is 101 cm³/mol. The van der Waals surface area contributed by atoms with E-state index in [1.165, 1.54) is 6.08 Å². The van der Waals surface area contributed by atoms with Crippen LogP contribution in [0.25, 0.3) is 23.0 Å². The quantitative estimate of drug-likeness (QED) is 0.515. The van der Waals surface area contributed by atoms with Crippen LogP contribution in [-0.2, 0) is 4.74 Å². The zero-order valence-corrected chi connectivity index (χ0v) is 14.9. The van der Waals surface area contributed by atoms with Crippen LogP contribution in [0.4, 0.5) is 5.82 Å². The van der Waals surface area contributed by atoms with Crippen LogP contribution in [-0.4, -0.2) is 22.8 Å². The van der Waals surface area contributed by atoms with Crippen molar-refractivity contribution in [3.05, 3.63) is 59.0 Å². The van der Waals surface area contributed by atoms with Gasteiger partial charge in [0.25, 0.3) is 0 Å². The zero-order valence-electron chi connectivity index (χ0n) is 14.9. The Hall–Kier alpha value is -4.30. The van der Waals surface area contributed by atoms with Crippen molar-refractivity contribution in [3.63, 3.8) is 0 Å². The van der Waals surface area contributed by atoms with Crippen LogP contribution in [0.2, 0.25) is 0 Å². The maximum atomic E-state index is 11.7. The lowest BCUT2D eigenvalue weighted by Gasteiger charge is -2.02. The largest absolute Gasteiger partial charge is 0.462 e. The molecule has 0 fully saturated rings. The minimum absolute atomic E-state index is 0.0282. The van der Waals surface area contributed by atoms with Gasteiger partial charge < -0.3 is 14.9 Å². The number of nitriles is 2. The predicted octanol–water partition coefficient (Wildman–Crippen LogP) is 3.36. The van der Waals surface area contributed by atoms with E-state index in [9.17, 15) is 10.1 Å². The molecule has 8 heteroatoms. The number of carbonyl (C=O) groups excluding carboxylic acids is 1. The van der Waals surface area contributed by atoms with Crippen LogP contribution in [0.15, 0.2) is 40.8 Å². The number of nitrogens with one attached hydrogen (secondary N) is 1. The first kappa shape index (κ1) is 18.5. The monoisotopic (exact) mass is 373 g/mol. The second-order valence-corrected chi connectivity index (χ2v) is 5.64. The number of aromatic amines is 1. The summed E-state index contributed by atoms with van der Waals surface area (Å²) < 4.78 is 10.7. The van der Waals surface area contributed by atoms with Gasteiger partial charge in [0.15, 0.2) is 5.82 Å². The Morgan fingerprint density at radius 2 is 2.04 bits per heavy atom. The molecule has 2 aromatic heterocycles. The number of H-pyrrole nitrogens is 1. The first-order chi connectivity index (χ1) is 13.6. The van der Waals surface area contributed by atoms with Crippen LogP contribution in [0, 0.1) is 22.7 Å². The number of hydrogen-bond acceptors (Lipinski definition) is 7. The number of rotatable bonds is 5. The molecule has 28 heavy (non-hydrogen) atoms. The highest BCUT2D eigenvalue weighted by molar-refractivity contribution is 5.91. The van der Waals surface area contributed by atoms with Gasteiger partial charge in [0.1, 0.15) is 29.2 Å². The second-order valence-electron chi connectivity index (χ2n) is 5.64. The summed E-state index contributed by atoms with van der Waals surface area (Å²) in [5.41, 5.74) is 7.33. The van der Waals surface area contributed by atoms with Crippen molar-refractivity contribution in [1.29, 1.82) is 10.5 Å². The molecule has 0 saturated carbocycles. The summed E-state index contributed by atoms with van der Waals surface area (Å²) in [5, 5.41) is 24.9. The number of benzene rings is 1. The molecule has 0 bridgehead atoms. The van der Waals surface area contributed by atoms with E-state index in [0.29, 0.717) is 23.7 Å². The molecule has 0 amide bonds. The average Bonchev–Trinajstić information content (AvgIpc) is 3.32. The van der Waals surface area contributed by atoms with Gasteiger partial charge in [-0.1, -0.05) is 12.1 Å². The number of ether oxygens (including phenoxy) is 1. The fraction of sp³-hybridized carbons (Fsp3) is 0.100. The molecule has 0 spiro atoms. The number of nitrogen functional groups attached to an aromatic ring is 1. The molecule has 0 atom stereocenters. The molecule has 0 aliphatic heterocycles. The van der Waals surface area contributed by atoms with Gasteiger partial charge in [-0.25, -0.2) is 4.79 Å². The third kappa shape index (κ3) is 3.62. The molecule has 3 N–H and O–H groups in total. The number of aromatic nitrogens is 2. The highest BCUT2D eigenvalue weighted by atomic mass is 16.5. The van der Waals surface area contributed by atoms with E-state index >= 15 is 0 Å². The van der Waals surface area contributed by atoms with Gasteiger partial charge in [-0.05, 0) is 31.2 Å². The Bertz CT molecular complexity index is 1120. The summed E-state index contributed by atoms with van der Waals surface area (Å²) in [4.78, 5) is 11.7. The standard InChI is InChI=1S/C20H15N5O3/c1-2-27-20(26)13-5-3-12(4-6-13)17-8-7-15(28-17)9-14(10-21)18-16(11-22)19(23)25-24-18/h3-9H,2H2,1H3,(H3,23,24,25)/b14-9+. The number of allylic oxidation sites excluding steroid dienone is 1. The first-order valence-electron chi connectivity index (χ1n) is 8.30. The van der Waals surface area contributed by atoms with Crippen molar-refractivity contribution < 1.29 is 13.9 Å². The Kier molecular flexibility index (Phi) is 5.24. The number of nitrogens with two attached hydrogens (primary N) is 1. The number of nitrogens with zero attached hydrogens (tertiary/aromatic N) is 3. The zero-order chi connectivity index (χ0) is 20.1. The number of anilines is 1. The van der Waals surface area contributed by atoms with Gasteiger partial charge in [-0.3, -0.25) is 5.10 Å². The molecule has 3 rings (SSSR count). The summed E-state index contributed by atoms with van der Waals surface area (Å²) in [7, 11) is 0. The normalized spacial score (nSPS) is 10.9. The van der Waals surface area contributed by atoms with E-state index in [1.54, 1.807) is 43.3 Å². The van der Waals surface area contributed by atoms with E-state index in [1.807, 2.05) is 12.1 Å². The SMILES string of the molecule is CCOC(=O)c1ccc(-c2ccc(/C=C(\C#N)c3[nH]nc(N)c3C#N)o2)cc1. The van der Waals surface area contributed by atoms with Gasteiger partial charge >= 0.3 is 5.97 Å². The molecule has 138 valence electrons. The highest BCUT2D eigenvalue weighted by Gasteiger charge is 2.15. The minimum Gasteiger partial charge on any atom is -0.462 e. The van der Waals surface area contributed by atoms with Crippen LogP contribution in [0.1, 0.15) is 34.3 Å². The van der Waals surface area contributed by atoms with Crippen molar-refractivity contribution >= 4 is 23.4 Å². The topological polar surface area (TPSA) is 142 Å². The number of furan rings is 1. The molecule has 0 aliphatic carbocycles. The van der Waals surface area contributed by atoms with Gasteiger partial charge in [0.2, 0.25) is 0 Å². The Morgan fingerprint density at radius 3 is 2.68 bits per heavy atom. The first-order valence-corrected chi connectivity index (χ1v) is 8.30. The lowest BCUT2D eigenvalue weighted by molar-refractivity contribution is 0.0526. The molecule has 2 heterocycles. The summed E-state index contributed by atoms with van der Waals surface area (Å²) >= 11 is 0. The van der Waals surface area contributed by atoms with E-state index in [4.69, 9.17) is 20.1 Å². The van der Waals surface area contributed by atoms with Gasteiger partial charge in [-0.15, -0.1) is 0 Å². The number of hydrogen-bond donors (Lipinski definition) is 2. The van der Waals surface area contributed by atoms with E-state index in [-0.39, 0.29) is 28.6 Å². The molecule has 1 aromatic carbocycles. The van der Waals surface area contributed by atoms with Gasteiger partial charge in [0, 0.05) is 11.6 Å². The van der Waals surface area contributed by atoms with Crippen LogP contribution < -0.4 is 5.73 Å². The molecule has 0 radical (unpaired) electrons. The molecule has 8 nitrogen and oxygen atoms in total. The molecule has 0 aliphatic rings. The third-order valence-corrected chi connectivity index (χ3v) is 3.89. The maximum absolute atomic E-state index is 11.7. The summed E-state index contributed by atoms with van der Waals surface area (Å²) in [6, 6.07) is 14.2. The van der Waals surface area contributed by atoms with Crippen molar-refractivity contribution in [3.8, 4) is 23.5 Å². The Balaban J connectivity index is 1.87. The molecule has 0 unspecified atom stereocenters. The van der Waals surface area contributed by atoms with Crippen LogP contribution in [0.5, 0.6) is 0 Å². The second kappa shape index (κ2) is 7.94.